The molecule has 4 rings (SSSR count). The van der Waals surface area contributed by atoms with Crippen molar-refractivity contribution < 1.29 is 32.0 Å². The molecule has 2 heterocycles. The molecule has 2 aromatic rings. The minimum absolute atomic E-state index is 0.0392. The van der Waals surface area contributed by atoms with Gasteiger partial charge in [0.2, 0.25) is 5.95 Å². The van der Waals surface area contributed by atoms with E-state index in [-0.39, 0.29) is 23.4 Å². The van der Waals surface area contributed by atoms with Crippen LogP contribution in [-0.2, 0) is 20.2 Å². The summed E-state index contributed by atoms with van der Waals surface area (Å²) in [6.45, 7) is 7.61. The summed E-state index contributed by atoms with van der Waals surface area (Å²) in [7, 11) is 0.457. The highest BCUT2D eigenvalue weighted by Gasteiger charge is 2.52. The number of anilines is 3. The molecule has 1 aliphatic carbocycles. The molecule has 2 fully saturated rings. The Balaban J connectivity index is 1.63. The van der Waals surface area contributed by atoms with Crippen molar-refractivity contribution in [2.24, 2.45) is 0 Å². The van der Waals surface area contributed by atoms with Gasteiger partial charge < -0.3 is 24.7 Å². The number of hydrogen-bond acceptors (Lipinski definition) is 8. The summed E-state index contributed by atoms with van der Waals surface area (Å²) in [5.74, 6) is -0.920. The summed E-state index contributed by atoms with van der Waals surface area (Å²) < 4.78 is 57.7. The van der Waals surface area contributed by atoms with Crippen LogP contribution >= 0.6 is 0 Å². The number of carbonyl (C=O) groups excluding carboxylic acids is 1. The zero-order chi connectivity index (χ0) is 26.3. The number of alkyl halides is 3. The van der Waals surface area contributed by atoms with E-state index >= 15 is 0 Å². The molecule has 1 saturated carbocycles. The van der Waals surface area contributed by atoms with Gasteiger partial charge in [0.25, 0.3) is 0 Å². The van der Waals surface area contributed by atoms with Gasteiger partial charge in [0.1, 0.15) is 11.4 Å². The minimum atomic E-state index is -4.60. The molecule has 1 saturated heterocycles. The molecule has 36 heavy (non-hydrogen) atoms. The molecule has 8 nitrogen and oxygen atoms in total. The van der Waals surface area contributed by atoms with E-state index in [0.29, 0.717) is 11.2 Å². The van der Waals surface area contributed by atoms with Crippen LogP contribution < -0.4 is 16.1 Å². The van der Waals surface area contributed by atoms with Gasteiger partial charge in [-0.3, -0.25) is 0 Å². The first kappa shape index (κ1) is 26.2. The van der Waals surface area contributed by atoms with Gasteiger partial charge in [-0.25, -0.2) is 9.78 Å². The third kappa shape index (κ3) is 5.29. The highest BCUT2D eigenvalue weighted by molar-refractivity contribution is 6.63. The van der Waals surface area contributed by atoms with Crippen molar-refractivity contribution in [2.45, 2.75) is 76.8 Å². The molecule has 1 aromatic heterocycles. The molecular formula is C24H30BF3N4O4. The normalized spacial score (nSPS) is 19.4. The van der Waals surface area contributed by atoms with Gasteiger partial charge in [0.15, 0.2) is 0 Å². The number of aromatic nitrogens is 2. The van der Waals surface area contributed by atoms with Crippen LogP contribution in [0.2, 0.25) is 0 Å². The fourth-order valence-electron chi connectivity index (χ4n) is 4.25. The third-order valence-electron chi connectivity index (χ3n) is 7.01. The van der Waals surface area contributed by atoms with Crippen molar-refractivity contribution in [1.29, 1.82) is 0 Å². The number of methoxy groups -OCH3 is 1. The van der Waals surface area contributed by atoms with E-state index in [0.717, 1.165) is 31.9 Å². The highest BCUT2D eigenvalue weighted by atomic mass is 19.4. The Morgan fingerprint density at radius 1 is 1.14 bits per heavy atom. The summed E-state index contributed by atoms with van der Waals surface area (Å²) in [5, 5.41) is 5.82. The molecule has 1 aromatic carbocycles. The first-order valence-electron chi connectivity index (χ1n) is 11.9. The molecule has 2 aliphatic rings. The molecule has 2 N–H and O–H groups in total. The quantitative estimate of drug-likeness (QED) is 0.431. The van der Waals surface area contributed by atoms with Crippen LogP contribution in [0.4, 0.5) is 30.6 Å². The van der Waals surface area contributed by atoms with E-state index < -0.39 is 36.0 Å². The number of halogens is 3. The van der Waals surface area contributed by atoms with Crippen LogP contribution in [0, 0.1) is 0 Å². The molecule has 0 bridgehead atoms. The number of hydrogen-bond donors (Lipinski definition) is 2. The van der Waals surface area contributed by atoms with Crippen LogP contribution in [0.3, 0.4) is 0 Å². The second-order valence-electron chi connectivity index (χ2n) is 10.1. The van der Waals surface area contributed by atoms with Crippen molar-refractivity contribution in [3.8, 4) is 0 Å². The van der Waals surface area contributed by atoms with E-state index in [1.165, 1.54) is 13.2 Å². The van der Waals surface area contributed by atoms with Crippen molar-refractivity contribution in [2.75, 3.05) is 17.7 Å². The fourth-order valence-corrected chi connectivity index (χ4v) is 4.25. The Bertz CT molecular complexity index is 1120. The number of benzene rings is 1. The second-order valence-corrected chi connectivity index (χ2v) is 10.1. The maximum atomic E-state index is 13.5. The Labute approximate surface area is 208 Å². The second kappa shape index (κ2) is 9.55. The summed E-state index contributed by atoms with van der Waals surface area (Å²) in [4.78, 5) is 20.6. The average molecular weight is 506 g/mol. The molecule has 12 heteroatoms. The Hall–Kier alpha value is -2.86. The number of nitrogens with zero attached hydrogens (tertiary/aromatic N) is 2. The molecule has 0 spiro atoms. The average Bonchev–Trinajstić information content (AvgIpc) is 3.37. The van der Waals surface area contributed by atoms with Gasteiger partial charge in [0, 0.05) is 17.9 Å². The lowest BCUT2D eigenvalue weighted by atomic mass is 9.75. The highest BCUT2D eigenvalue weighted by Crippen LogP contribution is 2.37. The summed E-state index contributed by atoms with van der Waals surface area (Å²) in [6, 6.07) is 4.74. The van der Waals surface area contributed by atoms with Crippen LogP contribution in [0.25, 0.3) is 0 Å². The van der Waals surface area contributed by atoms with Gasteiger partial charge in [0.05, 0.1) is 23.9 Å². The summed E-state index contributed by atoms with van der Waals surface area (Å²) >= 11 is 0. The number of rotatable bonds is 6. The Kier molecular flexibility index (Phi) is 6.95. The van der Waals surface area contributed by atoms with E-state index in [9.17, 15) is 18.0 Å². The number of ether oxygens (including phenoxy) is 1. The Morgan fingerprint density at radius 3 is 2.36 bits per heavy atom. The maximum Gasteiger partial charge on any atom is 0.495 e. The van der Waals surface area contributed by atoms with Crippen molar-refractivity contribution in [1.82, 2.24) is 9.97 Å². The predicted molar refractivity (Wildman–Crippen MR) is 130 cm³/mol. The predicted octanol–water partition coefficient (Wildman–Crippen LogP) is 4.68. The van der Waals surface area contributed by atoms with Gasteiger partial charge in [-0.15, -0.1) is 0 Å². The number of carbonyl (C=O) groups is 1. The van der Waals surface area contributed by atoms with Crippen molar-refractivity contribution >= 4 is 36.0 Å². The standard InChI is InChI=1S/C24H30BF3N4O4/c1-22(2)23(3,4)36-25(35-22)18-11-10-15(12-16(18)20(33)34-5)31-21-29-13-17(24(26,27)28)19(32-21)30-14-8-6-7-9-14/h10-14H,6-9H2,1-5H3,(H2,29,30,31,32). The molecular weight excluding hydrogens is 476 g/mol. The van der Waals surface area contributed by atoms with Gasteiger partial charge in [-0.05, 0) is 58.1 Å². The lowest BCUT2D eigenvalue weighted by Gasteiger charge is -2.32. The first-order chi connectivity index (χ1) is 16.8. The van der Waals surface area contributed by atoms with Gasteiger partial charge in [-0.2, -0.15) is 18.2 Å². The molecule has 0 atom stereocenters. The fraction of sp³-hybridized carbons (Fsp3) is 0.542. The zero-order valence-electron chi connectivity index (χ0n) is 21.0. The first-order valence-corrected chi connectivity index (χ1v) is 11.9. The Morgan fingerprint density at radius 2 is 1.78 bits per heavy atom. The molecule has 0 amide bonds. The largest absolute Gasteiger partial charge is 0.495 e. The van der Waals surface area contributed by atoms with Gasteiger partial charge in [-0.1, -0.05) is 18.9 Å². The zero-order valence-corrected chi connectivity index (χ0v) is 21.0. The number of nitrogens with one attached hydrogen (secondary N) is 2. The van der Waals surface area contributed by atoms with Crippen LogP contribution in [0.5, 0.6) is 0 Å². The summed E-state index contributed by atoms with van der Waals surface area (Å²) in [6.07, 6.45) is -0.351. The third-order valence-corrected chi connectivity index (χ3v) is 7.01. The van der Waals surface area contributed by atoms with E-state index in [1.54, 1.807) is 12.1 Å². The maximum absolute atomic E-state index is 13.5. The molecule has 1 aliphatic heterocycles. The number of esters is 1. The van der Waals surface area contributed by atoms with Crippen molar-refractivity contribution in [3.05, 3.63) is 35.5 Å². The van der Waals surface area contributed by atoms with E-state index in [2.05, 4.69) is 20.6 Å². The lowest BCUT2D eigenvalue weighted by Crippen LogP contribution is -2.41. The monoisotopic (exact) mass is 506 g/mol. The van der Waals surface area contributed by atoms with Crippen molar-refractivity contribution in [3.63, 3.8) is 0 Å². The minimum Gasteiger partial charge on any atom is -0.465 e. The summed E-state index contributed by atoms with van der Waals surface area (Å²) in [5.41, 5.74) is -1.09. The van der Waals surface area contributed by atoms with Crippen LogP contribution in [0.15, 0.2) is 24.4 Å². The van der Waals surface area contributed by atoms with Crippen LogP contribution in [0.1, 0.15) is 69.3 Å². The molecule has 0 radical (unpaired) electrons. The molecule has 194 valence electrons. The van der Waals surface area contributed by atoms with E-state index in [4.69, 9.17) is 14.0 Å². The lowest BCUT2D eigenvalue weighted by molar-refractivity contribution is -0.137. The topological polar surface area (TPSA) is 94.6 Å². The van der Waals surface area contributed by atoms with Crippen LogP contribution in [-0.4, -0.2) is 47.4 Å². The SMILES string of the molecule is COC(=O)c1cc(Nc2ncc(C(F)(F)F)c(NC3CCCC3)n2)ccc1B1OC(C)(C)C(C)(C)O1. The van der Waals surface area contributed by atoms with Gasteiger partial charge >= 0.3 is 19.3 Å². The molecule has 0 unspecified atom stereocenters. The van der Waals surface area contributed by atoms with E-state index in [1.807, 2.05) is 27.7 Å². The smallest absolute Gasteiger partial charge is 0.465 e.